The van der Waals surface area contributed by atoms with Gasteiger partial charge in [0.15, 0.2) is 0 Å². The van der Waals surface area contributed by atoms with Crippen LogP contribution in [0.15, 0.2) is 12.1 Å². The van der Waals surface area contributed by atoms with Gasteiger partial charge in [0.05, 0.1) is 11.2 Å². The predicted molar refractivity (Wildman–Crippen MR) is 78.9 cm³/mol. The van der Waals surface area contributed by atoms with Gasteiger partial charge >= 0.3 is 0 Å². The minimum atomic E-state index is -0.249. The summed E-state index contributed by atoms with van der Waals surface area (Å²) < 4.78 is 14.4. The zero-order valence-electron chi connectivity index (χ0n) is 9.76. The van der Waals surface area contributed by atoms with Crippen LogP contribution in [0, 0.1) is 9.39 Å². The molecule has 2 aromatic rings. The first-order valence-corrected chi connectivity index (χ1v) is 7.05. The predicted octanol–water partition coefficient (Wildman–Crippen LogP) is 3.14. The van der Waals surface area contributed by atoms with E-state index in [0.29, 0.717) is 0 Å². The van der Waals surface area contributed by atoms with Crippen LogP contribution in [0.1, 0.15) is 24.1 Å². The Kier molecular flexibility index (Phi) is 3.11. The molecule has 0 bridgehead atoms. The van der Waals surface area contributed by atoms with Crippen LogP contribution >= 0.6 is 22.6 Å². The van der Waals surface area contributed by atoms with Gasteiger partial charge in [0.2, 0.25) is 0 Å². The Bertz CT molecular complexity index is 627. The van der Waals surface area contributed by atoms with Gasteiger partial charge in [0.1, 0.15) is 5.82 Å². The molecule has 3 rings (SSSR count). The third-order valence-electron chi connectivity index (χ3n) is 3.43. The van der Waals surface area contributed by atoms with Gasteiger partial charge in [-0.25, -0.2) is 4.39 Å². The molecule has 0 aliphatic heterocycles. The topological polar surface area (TPSA) is 50.9 Å². The molecule has 0 spiro atoms. The van der Waals surface area contributed by atoms with Crippen LogP contribution in [0.4, 0.5) is 10.1 Å². The molecule has 0 saturated heterocycles. The van der Waals surface area contributed by atoms with Gasteiger partial charge < -0.3 is 5.43 Å². The van der Waals surface area contributed by atoms with Gasteiger partial charge in [-0.15, -0.1) is 0 Å². The lowest BCUT2D eigenvalue weighted by molar-refractivity contribution is 0.628. The molecule has 0 fully saturated rings. The third kappa shape index (κ3) is 1.85. The summed E-state index contributed by atoms with van der Waals surface area (Å²) in [6, 6.07) is 3.01. The zero-order valence-corrected chi connectivity index (χ0v) is 11.9. The number of hydrogen-bond donors (Lipinski definition) is 2. The van der Waals surface area contributed by atoms with Crippen molar-refractivity contribution in [1.82, 2.24) is 4.98 Å². The Morgan fingerprint density at radius 2 is 2.06 bits per heavy atom. The Morgan fingerprint density at radius 3 is 2.83 bits per heavy atom. The fourth-order valence-electron chi connectivity index (χ4n) is 2.61. The molecular weight excluding hydrogens is 344 g/mol. The molecular formula is C13H13FIN3. The second-order valence-corrected chi connectivity index (χ2v) is 5.71. The van der Waals surface area contributed by atoms with Crippen LogP contribution < -0.4 is 11.3 Å². The number of anilines is 1. The van der Waals surface area contributed by atoms with E-state index in [0.717, 1.165) is 57.1 Å². The van der Waals surface area contributed by atoms with Crippen molar-refractivity contribution in [3.05, 3.63) is 32.8 Å². The molecule has 1 aliphatic rings. The van der Waals surface area contributed by atoms with Crippen LogP contribution in [-0.2, 0) is 12.8 Å². The quantitative estimate of drug-likeness (QED) is 0.468. The maximum atomic E-state index is 13.5. The molecule has 1 aliphatic carbocycles. The first kappa shape index (κ1) is 12.1. The maximum Gasteiger partial charge on any atom is 0.125 e. The third-order valence-corrected chi connectivity index (χ3v) is 4.25. The van der Waals surface area contributed by atoms with Gasteiger partial charge in [-0.05, 0) is 66.0 Å². The van der Waals surface area contributed by atoms with E-state index in [1.54, 1.807) is 0 Å². The van der Waals surface area contributed by atoms with E-state index in [1.807, 2.05) is 0 Å². The van der Waals surface area contributed by atoms with E-state index in [1.165, 1.54) is 12.1 Å². The first-order valence-electron chi connectivity index (χ1n) is 5.98. The molecule has 0 amide bonds. The SMILES string of the molecule is NNc1c2c(nc3c(I)cc(F)cc13)CCCC2. The highest BCUT2D eigenvalue weighted by Gasteiger charge is 2.19. The van der Waals surface area contributed by atoms with Gasteiger partial charge in [-0.1, -0.05) is 0 Å². The number of fused-ring (bicyclic) bond motifs is 2. The van der Waals surface area contributed by atoms with Crippen molar-refractivity contribution >= 4 is 39.2 Å². The second kappa shape index (κ2) is 4.62. The van der Waals surface area contributed by atoms with E-state index in [9.17, 15) is 4.39 Å². The number of benzene rings is 1. The maximum absolute atomic E-state index is 13.5. The number of aryl methyl sites for hydroxylation is 1. The molecule has 0 radical (unpaired) electrons. The summed E-state index contributed by atoms with van der Waals surface area (Å²) in [5.74, 6) is 5.39. The minimum Gasteiger partial charge on any atom is -0.323 e. The summed E-state index contributed by atoms with van der Waals surface area (Å²) in [6.45, 7) is 0. The Morgan fingerprint density at radius 1 is 1.28 bits per heavy atom. The fraction of sp³-hybridized carbons (Fsp3) is 0.308. The van der Waals surface area contributed by atoms with Gasteiger partial charge in [0, 0.05) is 14.7 Å². The number of aromatic nitrogens is 1. The molecule has 0 atom stereocenters. The van der Waals surface area contributed by atoms with Crippen LogP contribution in [0.25, 0.3) is 10.9 Å². The van der Waals surface area contributed by atoms with Gasteiger partial charge in [-0.3, -0.25) is 10.8 Å². The van der Waals surface area contributed by atoms with Crippen molar-refractivity contribution in [3.63, 3.8) is 0 Å². The molecule has 3 nitrogen and oxygen atoms in total. The molecule has 18 heavy (non-hydrogen) atoms. The highest BCUT2D eigenvalue weighted by atomic mass is 127. The van der Waals surface area contributed by atoms with E-state index in [4.69, 9.17) is 10.8 Å². The van der Waals surface area contributed by atoms with Gasteiger partial charge in [-0.2, -0.15) is 0 Å². The average Bonchev–Trinajstić information content (AvgIpc) is 2.36. The number of nitrogens with one attached hydrogen (secondary N) is 1. The van der Waals surface area contributed by atoms with Crippen molar-refractivity contribution in [2.24, 2.45) is 5.84 Å². The molecule has 3 N–H and O–H groups in total. The Balaban J connectivity index is 2.40. The zero-order chi connectivity index (χ0) is 12.7. The van der Waals surface area contributed by atoms with E-state index < -0.39 is 0 Å². The summed E-state index contributed by atoms with van der Waals surface area (Å²) in [5, 5.41) is 0.780. The molecule has 5 heteroatoms. The van der Waals surface area contributed by atoms with Crippen molar-refractivity contribution in [3.8, 4) is 0 Å². The second-order valence-electron chi connectivity index (χ2n) is 4.55. The smallest absolute Gasteiger partial charge is 0.125 e. The molecule has 0 saturated carbocycles. The van der Waals surface area contributed by atoms with Crippen LogP contribution in [0.5, 0.6) is 0 Å². The lowest BCUT2D eigenvalue weighted by Crippen LogP contribution is -2.15. The Labute approximate surface area is 118 Å². The molecule has 1 aromatic carbocycles. The highest BCUT2D eigenvalue weighted by Crippen LogP contribution is 2.34. The summed E-state index contributed by atoms with van der Waals surface area (Å²) in [4.78, 5) is 4.70. The monoisotopic (exact) mass is 357 g/mol. The fourth-order valence-corrected chi connectivity index (χ4v) is 3.32. The van der Waals surface area contributed by atoms with Crippen LogP contribution in [-0.4, -0.2) is 4.98 Å². The number of hydrogen-bond acceptors (Lipinski definition) is 3. The van der Waals surface area contributed by atoms with Crippen LogP contribution in [0.2, 0.25) is 0 Å². The highest BCUT2D eigenvalue weighted by molar-refractivity contribution is 14.1. The molecule has 1 aromatic heterocycles. The number of hydrazine groups is 1. The Hall–Kier alpha value is -0.950. The molecule has 94 valence electrons. The number of rotatable bonds is 1. The number of nitrogen functional groups attached to an aromatic ring is 1. The minimum absolute atomic E-state index is 0.249. The summed E-state index contributed by atoms with van der Waals surface area (Å²) in [7, 11) is 0. The van der Waals surface area contributed by atoms with E-state index >= 15 is 0 Å². The van der Waals surface area contributed by atoms with E-state index in [-0.39, 0.29) is 5.82 Å². The van der Waals surface area contributed by atoms with Crippen molar-refractivity contribution in [2.75, 3.05) is 5.43 Å². The van der Waals surface area contributed by atoms with Crippen LogP contribution in [0.3, 0.4) is 0 Å². The number of halogens is 2. The van der Waals surface area contributed by atoms with Crippen molar-refractivity contribution in [2.45, 2.75) is 25.7 Å². The van der Waals surface area contributed by atoms with Crippen molar-refractivity contribution < 1.29 is 4.39 Å². The largest absolute Gasteiger partial charge is 0.323 e. The molecule has 1 heterocycles. The number of pyridine rings is 1. The molecule has 0 unspecified atom stereocenters. The number of nitrogens with two attached hydrogens (primary N) is 1. The normalized spacial score (nSPS) is 14.6. The van der Waals surface area contributed by atoms with Crippen molar-refractivity contribution in [1.29, 1.82) is 0 Å². The lowest BCUT2D eigenvalue weighted by Gasteiger charge is -2.20. The lowest BCUT2D eigenvalue weighted by atomic mass is 9.93. The summed E-state index contributed by atoms with van der Waals surface area (Å²) in [6.07, 6.45) is 4.24. The average molecular weight is 357 g/mol. The van der Waals surface area contributed by atoms with Gasteiger partial charge in [0.25, 0.3) is 0 Å². The summed E-state index contributed by atoms with van der Waals surface area (Å²) >= 11 is 2.12. The van der Waals surface area contributed by atoms with E-state index in [2.05, 4.69) is 28.0 Å². The standard InChI is InChI=1S/C13H13FIN3/c14-7-5-9-12(18-16)8-3-1-2-4-11(8)17-13(9)10(15)6-7/h5-6H,1-4,16H2,(H,17,18). The first-order chi connectivity index (χ1) is 8.70. The number of nitrogens with zero attached hydrogens (tertiary/aromatic N) is 1. The summed E-state index contributed by atoms with van der Waals surface area (Å²) in [5.41, 5.74) is 6.67.